The Morgan fingerprint density at radius 1 is 1.46 bits per heavy atom. The van der Waals surface area contributed by atoms with Crippen molar-refractivity contribution in [2.24, 2.45) is 0 Å². The van der Waals surface area contributed by atoms with Crippen molar-refractivity contribution in [2.45, 2.75) is 6.92 Å². The molecule has 3 heteroatoms. The van der Waals surface area contributed by atoms with Gasteiger partial charge in [-0.15, -0.1) is 0 Å². The molecule has 0 saturated heterocycles. The normalized spacial score (nSPS) is 11.3. The summed E-state index contributed by atoms with van der Waals surface area (Å²) in [5.74, 6) is -0.850. The second kappa shape index (κ2) is 3.76. The monoisotopic (exact) mass is 178 g/mol. The molecule has 0 fully saturated rings. The van der Waals surface area contributed by atoms with Crippen molar-refractivity contribution in [3.63, 3.8) is 0 Å². The van der Waals surface area contributed by atoms with E-state index in [1.54, 1.807) is 19.1 Å². The van der Waals surface area contributed by atoms with E-state index in [2.05, 4.69) is 0 Å². The number of phenolic OH excluding ortho intramolecular Hbond substituents is 1. The van der Waals surface area contributed by atoms with Crippen molar-refractivity contribution in [2.75, 3.05) is 0 Å². The lowest BCUT2D eigenvalue weighted by atomic mass is 10.1. The molecule has 0 aliphatic rings. The molecular formula is C10H10O3. The van der Waals surface area contributed by atoms with E-state index in [4.69, 9.17) is 10.2 Å². The summed E-state index contributed by atoms with van der Waals surface area (Å²) < 4.78 is 0. The minimum atomic E-state index is -0.985. The average molecular weight is 178 g/mol. The molecule has 68 valence electrons. The number of carbonyl (C=O) groups is 1. The molecule has 1 aromatic carbocycles. The number of benzene rings is 1. The first-order chi connectivity index (χ1) is 6.09. The van der Waals surface area contributed by atoms with Crippen LogP contribution in [-0.4, -0.2) is 16.2 Å². The number of rotatable bonds is 2. The Labute approximate surface area is 76.0 Å². The molecule has 13 heavy (non-hydrogen) atoms. The number of carboxylic acid groups (broad SMARTS) is 1. The number of aromatic hydroxyl groups is 1. The molecule has 0 spiro atoms. The van der Waals surface area contributed by atoms with Gasteiger partial charge in [-0.1, -0.05) is 12.1 Å². The van der Waals surface area contributed by atoms with Crippen LogP contribution in [-0.2, 0) is 4.79 Å². The highest BCUT2D eigenvalue weighted by Crippen LogP contribution is 2.18. The number of allylic oxidation sites excluding steroid dienone is 1. The van der Waals surface area contributed by atoms with Crippen LogP contribution in [0, 0.1) is 0 Å². The third-order valence-electron chi connectivity index (χ3n) is 1.64. The molecule has 2 N–H and O–H groups in total. The minimum absolute atomic E-state index is 0.135. The van der Waals surface area contributed by atoms with Gasteiger partial charge < -0.3 is 10.2 Å². The van der Waals surface area contributed by atoms with Gasteiger partial charge in [0, 0.05) is 6.08 Å². The lowest BCUT2D eigenvalue weighted by Gasteiger charge is -2.00. The van der Waals surface area contributed by atoms with E-state index in [-0.39, 0.29) is 5.75 Å². The number of hydrogen-bond acceptors (Lipinski definition) is 2. The molecule has 0 amide bonds. The summed E-state index contributed by atoms with van der Waals surface area (Å²) in [7, 11) is 0. The number of hydrogen-bond donors (Lipinski definition) is 2. The Morgan fingerprint density at radius 3 is 2.69 bits per heavy atom. The zero-order chi connectivity index (χ0) is 9.84. The van der Waals surface area contributed by atoms with Crippen molar-refractivity contribution in [3.8, 4) is 5.75 Å². The van der Waals surface area contributed by atoms with Crippen LogP contribution in [0.1, 0.15) is 12.5 Å². The summed E-state index contributed by atoms with van der Waals surface area (Å²) in [4.78, 5) is 10.3. The van der Waals surface area contributed by atoms with E-state index in [1.165, 1.54) is 12.1 Å². The Morgan fingerprint density at radius 2 is 2.15 bits per heavy atom. The number of aliphatic carboxylic acids is 1. The zero-order valence-corrected chi connectivity index (χ0v) is 7.19. The molecule has 0 radical (unpaired) electrons. The van der Waals surface area contributed by atoms with Crippen LogP contribution in [0.2, 0.25) is 0 Å². The molecule has 0 aromatic heterocycles. The minimum Gasteiger partial charge on any atom is -0.508 e. The molecule has 0 atom stereocenters. The van der Waals surface area contributed by atoms with Gasteiger partial charge in [-0.05, 0) is 30.2 Å². The van der Waals surface area contributed by atoms with Gasteiger partial charge in [-0.3, -0.25) is 0 Å². The summed E-state index contributed by atoms with van der Waals surface area (Å²) >= 11 is 0. The number of phenols is 1. The molecule has 1 aromatic rings. The molecule has 0 aliphatic heterocycles. The first kappa shape index (κ1) is 9.32. The van der Waals surface area contributed by atoms with Crippen LogP contribution in [0.3, 0.4) is 0 Å². The summed E-state index contributed by atoms with van der Waals surface area (Å²) in [6.45, 7) is 1.68. The van der Waals surface area contributed by atoms with Crippen molar-refractivity contribution >= 4 is 11.5 Å². The molecule has 1 rings (SSSR count). The maximum absolute atomic E-state index is 10.3. The third kappa shape index (κ3) is 2.63. The largest absolute Gasteiger partial charge is 0.508 e. The van der Waals surface area contributed by atoms with Crippen molar-refractivity contribution in [3.05, 3.63) is 35.9 Å². The van der Waals surface area contributed by atoms with Gasteiger partial charge in [0.25, 0.3) is 0 Å². The van der Waals surface area contributed by atoms with Crippen LogP contribution < -0.4 is 0 Å². The predicted octanol–water partition coefficient (Wildman–Crippen LogP) is 1.88. The van der Waals surface area contributed by atoms with E-state index in [0.29, 0.717) is 11.1 Å². The third-order valence-corrected chi connectivity index (χ3v) is 1.64. The van der Waals surface area contributed by atoms with E-state index in [0.717, 1.165) is 6.08 Å². The maximum atomic E-state index is 10.3. The highest BCUT2D eigenvalue weighted by atomic mass is 16.4. The standard InChI is InChI=1S/C10H10O3/c1-7(5-10(12)13)8-3-2-4-9(11)6-8/h2-6,11H,1H3,(H,12,13)/b7-5-. The van der Waals surface area contributed by atoms with E-state index >= 15 is 0 Å². The van der Waals surface area contributed by atoms with Gasteiger partial charge in [0.2, 0.25) is 0 Å². The van der Waals surface area contributed by atoms with Crippen LogP contribution in [0.25, 0.3) is 5.57 Å². The van der Waals surface area contributed by atoms with Crippen LogP contribution >= 0.6 is 0 Å². The molecule has 0 heterocycles. The zero-order valence-electron chi connectivity index (χ0n) is 7.19. The molecule has 0 bridgehead atoms. The number of carboxylic acids is 1. The molecule has 0 saturated carbocycles. The van der Waals surface area contributed by atoms with E-state index in [1.807, 2.05) is 0 Å². The first-order valence-electron chi connectivity index (χ1n) is 3.80. The average Bonchev–Trinajstić information content (AvgIpc) is 2.03. The maximum Gasteiger partial charge on any atom is 0.328 e. The SMILES string of the molecule is C/C(=C/C(=O)O)c1cccc(O)c1. The van der Waals surface area contributed by atoms with Crippen LogP contribution in [0.4, 0.5) is 0 Å². The fourth-order valence-electron chi connectivity index (χ4n) is 1.02. The highest BCUT2D eigenvalue weighted by Gasteiger charge is 1.98. The summed E-state index contributed by atoms with van der Waals surface area (Å²) in [5.41, 5.74) is 1.32. The summed E-state index contributed by atoms with van der Waals surface area (Å²) in [6, 6.07) is 6.48. The van der Waals surface area contributed by atoms with Gasteiger partial charge >= 0.3 is 5.97 Å². The van der Waals surface area contributed by atoms with Crippen LogP contribution in [0.15, 0.2) is 30.3 Å². The Bertz CT molecular complexity index is 353. The highest BCUT2D eigenvalue weighted by molar-refractivity contribution is 5.89. The smallest absolute Gasteiger partial charge is 0.328 e. The molecular weight excluding hydrogens is 168 g/mol. The lowest BCUT2D eigenvalue weighted by molar-refractivity contribution is -0.131. The van der Waals surface area contributed by atoms with Gasteiger partial charge in [0.15, 0.2) is 0 Å². The topological polar surface area (TPSA) is 57.5 Å². The lowest BCUT2D eigenvalue weighted by Crippen LogP contribution is -1.89. The second-order valence-electron chi connectivity index (χ2n) is 2.72. The van der Waals surface area contributed by atoms with Gasteiger partial charge in [0.1, 0.15) is 5.75 Å². The molecule has 3 nitrogen and oxygen atoms in total. The fraction of sp³-hybridized carbons (Fsp3) is 0.100. The molecule has 0 aliphatic carbocycles. The van der Waals surface area contributed by atoms with Crippen molar-refractivity contribution in [1.29, 1.82) is 0 Å². The van der Waals surface area contributed by atoms with E-state index in [9.17, 15) is 4.79 Å². The quantitative estimate of drug-likeness (QED) is 0.680. The fourth-order valence-corrected chi connectivity index (χ4v) is 1.02. The van der Waals surface area contributed by atoms with Gasteiger partial charge in [0.05, 0.1) is 0 Å². The molecule has 0 unspecified atom stereocenters. The van der Waals surface area contributed by atoms with Crippen molar-refractivity contribution < 1.29 is 15.0 Å². The Balaban J connectivity index is 3.02. The Hall–Kier alpha value is -1.77. The van der Waals surface area contributed by atoms with Crippen LogP contribution in [0.5, 0.6) is 5.75 Å². The Kier molecular flexibility index (Phi) is 2.69. The first-order valence-corrected chi connectivity index (χ1v) is 3.80. The predicted molar refractivity (Wildman–Crippen MR) is 49.4 cm³/mol. The summed E-state index contributed by atoms with van der Waals surface area (Å²) in [6.07, 6.45) is 1.11. The second-order valence-corrected chi connectivity index (χ2v) is 2.72. The van der Waals surface area contributed by atoms with E-state index < -0.39 is 5.97 Å². The van der Waals surface area contributed by atoms with Crippen molar-refractivity contribution in [1.82, 2.24) is 0 Å². The van der Waals surface area contributed by atoms with Gasteiger partial charge in [-0.2, -0.15) is 0 Å². The van der Waals surface area contributed by atoms with Gasteiger partial charge in [-0.25, -0.2) is 4.79 Å². The summed E-state index contributed by atoms with van der Waals surface area (Å²) in [5, 5.41) is 17.6.